The number of hydrogen-bond donors (Lipinski definition) is 2. The lowest BCUT2D eigenvalue weighted by Crippen LogP contribution is -2.38. The van der Waals surface area contributed by atoms with Crippen LogP contribution in [0.1, 0.15) is 28.4 Å². The van der Waals surface area contributed by atoms with Gasteiger partial charge in [0.25, 0.3) is 5.91 Å². The van der Waals surface area contributed by atoms with Crippen LogP contribution in [0.2, 0.25) is 0 Å². The molecule has 0 aliphatic heterocycles. The maximum absolute atomic E-state index is 12.3. The standard InChI is InChI=1S/C18H19N3O2S/c1-13-5-3-4-6-16(13)21-10-14(9-20-21)17(22)19-12-18(2,23)15-7-8-24-11-15/h3-11,23H,12H2,1-2H3,(H,19,22). The highest BCUT2D eigenvalue weighted by atomic mass is 32.1. The monoisotopic (exact) mass is 341 g/mol. The van der Waals surface area contributed by atoms with Gasteiger partial charge in [-0.25, -0.2) is 4.68 Å². The number of thiophene rings is 1. The number of nitrogens with one attached hydrogen (secondary N) is 1. The Morgan fingerprint density at radius 3 is 2.88 bits per heavy atom. The van der Waals surface area contributed by atoms with E-state index in [0.717, 1.165) is 16.8 Å². The molecule has 0 saturated carbocycles. The lowest BCUT2D eigenvalue weighted by atomic mass is 9.99. The Bertz CT molecular complexity index is 838. The molecule has 0 aliphatic carbocycles. The van der Waals surface area contributed by atoms with Crippen molar-refractivity contribution in [3.05, 3.63) is 70.2 Å². The van der Waals surface area contributed by atoms with Crippen LogP contribution in [0.15, 0.2) is 53.5 Å². The Morgan fingerprint density at radius 1 is 1.38 bits per heavy atom. The molecule has 0 radical (unpaired) electrons. The zero-order valence-electron chi connectivity index (χ0n) is 13.6. The van der Waals surface area contributed by atoms with Crippen molar-refractivity contribution in [1.29, 1.82) is 0 Å². The fourth-order valence-electron chi connectivity index (χ4n) is 2.42. The van der Waals surface area contributed by atoms with Gasteiger partial charge in [-0.3, -0.25) is 4.79 Å². The molecule has 1 aromatic carbocycles. The van der Waals surface area contributed by atoms with E-state index in [4.69, 9.17) is 0 Å². The highest BCUT2D eigenvalue weighted by molar-refractivity contribution is 7.08. The van der Waals surface area contributed by atoms with Crippen molar-refractivity contribution in [2.75, 3.05) is 6.54 Å². The van der Waals surface area contributed by atoms with Gasteiger partial charge in [-0.05, 0) is 47.9 Å². The van der Waals surface area contributed by atoms with Crippen LogP contribution in [-0.2, 0) is 5.60 Å². The van der Waals surface area contributed by atoms with Crippen LogP contribution in [0.5, 0.6) is 0 Å². The minimum Gasteiger partial charge on any atom is -0.384 e. The van der Waals surface area contributed by atoms with Crippen molar-refractivity contribution in [3.8, 4) is 5.69 Å². The molecule has 0 saturated heterocycles. The molecule has 0 aliphatic rings. The van der Waals surface area contributed by atoms with Gasteiger partial charge in [0.1, 0.15) is 5.60 Å². The molecule has 2 aromatic heterocycles. The number of benzene rings is 1. The quantitative estimate of drug-likeness (QED) is 0.750. The third-order valence-electron chi connectivity index (χ3n) is 3.94. The van der Waals surface area contributed by atoms with Crippen molar-refractivity contribution in [2.45, 2.75) is 19.4 Å². The maximum atomic E-state index is 12.3. The SMILES string of the molecule is Cc1ccccc1-n1cc(C(=O)NCC(C)(O)c2ccsc2)cn1. The van der Waals surface area contributed by atoms with Gasteiger partial charge in [0.05, 0.1) is 24.0 Å². The number of amides is 1. The summed E-state index contributed by atoms with van der Waals surface area (Å²) in [6, 6.07) is 9.69. The smallest absolute Gasteiger partial charge is 0.254 e. The fraction of sp³-hybridized carbons (Fsp3) is 0.222. The van der Waals surface area contributed by atoms with E-state index in [-0.39, 0.29) is 12.5 Å². The average molecular weight is 341 g/mol. The summed E-state index contributed by atoms with van der Waals surface area (Å²) >= 11 is 1.51. The summed E-state index contributed by atoms with van der Waals surface area (Å²) in [5, 5.41) is 21.3. The lowest BCUT2D eigenvalue weighted by Gasteiger charge is -2.22. The molecule has 2 heterocycles. The molecule has 0 fully saturated rings. The summed E-state index contributed by atoms with van der Waals surface area (Å²) in [4.78, 5) is 12.3. The first kappa shape index (κ1) is 16.4. The minimum absolute atomic E-state index is 0.137. The molecule has 1 amide bonds. The molecule has 1 unspecified atom stereocenters. The van der Waals surface area contributed by atoms with E-state index in [2.05, 4.69) is 10.4 Å². The second-order valence-electron chi connectivity index (χ2n) is 5.93. The largest absolute Gasteiger partial charge is 0.384 e. The predicted molar refractivity (Wildman–Crippen MR) is 94.5 cm³/mol. The fourth-order valence-corrected chi connectivity index (χ4v) is 3.20. The van der Waals surface area contributed by atoms with Gasteiger partial charge in [0.15, 0.2) is 0 Å². The van der Waals surface area contributed by atoms with E-state index in [0.29, 0.717) is 5.56 Å². The third-order valence-corrected chi connectivity index (χ3v) is 4.63. The Morgan fingerprint density at radius 2 is 2.17 bits per heavy atom. The maximum Gasteiger partial charge on any atom is 0.254 e. The van der Waals surface area contributed by atoms with E-state index >= 15 is 0 Å². The second-order valence-corrected chi connectivity index (χ2v) is 6.71. The summed E-state index contributed by atoms with van der Waals surface area (Å²) in [5.74, 6) is -0.259. The first-order valence-corrected chi connectivity index (χ1v) is 8.55. The summed E-state index contributed by atoms with van der Waals surface area (Å²) in [6.45, 7) is 3.82. The van der Waals surface area contributed by atoms with Crippen LogP contribution in [0.4, 0.5) is 0 Å². The summed E-state index contributed by atoms with van der Waals surface area (Å²) in [6.07, 6.45) is 3.22. The molecular formula is C18H19N3O2S. The number of para-hydroxylation sites is 1. The average Bonchev–Trinajstić information content (AvgIpc) is 3.25. The number of nitrogens with zero attached hydrogens (tertiary/aromatic N) is 2. The van der Waals surface area contributed by atoms with Gasteiger partial charge in [-0.15, -0.1) is 0 Å². The van der Waals surface area contributed by atoms with E-state index in [1.807, 2.05) is 48.0 Å². The highest BCUT2D eigenvalue weighted by Gasteiger charge is 2.24. The second kappa shape index (κ2) is 6.59. The van der Waals surface area contributed by atoms with Crippen LogP contribution < -0.4 is 5.32 Å². The first-order chi connectivity index (χ1) is 11.5. The van der Waals surface area contributed by atoms with Gasteiger partial charge < -0.3 is 10.4 Å². The Kier molecular flexibility index (Phi) is 4.51. The van der Waals surface area contributed by atoms with Crippen molar-refractivity contribution >= 4 is 17.2 Å². The number of aliphatic hydroxyl groups is 1. The summed E-state index contributed by atoms with van der Waals surface area (Å²) < 4.78 is 1.68. The summed E-state index contributed by atoms with van der Waals surface area (Å²) in [7, 11) is 0. The number of rotatable bonds is 5. The van der Waals surface area contributed by atoms with Gasteiger partial charge in [-0.2, -0.15) is 16.4 Å². The van der Waals surface area contributed by atoms with Crippen molar-refractivity contribution in [1.82, 2.24) is 15.1 Å². The molecule has 5 nitrogen and oxygen atoms in total. The normalized spacial score (nSPS) is 13.5. The van der Waals surface area contributed by atoms with Gasteiger partial charge >= 0.3 is 0 Å². The highest BCUT2D eigenvalue weighted by Crippen LogP contribution is 2.22. The number of hydrogen-bond acceptors (Lipinski definition) is 4. The topological polar surface area (TPSA) is 67.2 Å². The molecule has 0 spiro atoms. The van der Waals surface area contributed by atoms with Crippen LogP contribution in [0.3, 0.4) is 0 Å². The zero-order chi connectivity index (χ0) is 17.2. The Hall–Kier alpha value is -2.44. The van der Waals surface area contributed by atoms with Gasteiger partial charge in [0, 0.05) is 6.20 Å². The third kappa shape index (κ3) is 3.39. The Labute approximate surface area is 144 Å². The molecule has 24 heavy (non-hydrogen) atoms. The van der Waals surface area contributed by atoms with Crippen molar-refractivity contribution in [3.63, 3.8) is 0 Å². The van der Waals surface area contributed by atoms with Crippen molar-refractivity contribution in [2.24, 2.45) is 0 Å². The minimum atomic E-state index is -1.10. The number of aromatic nitrogens is 2. The Balaban J connectivity index is 1.70. The number of carbonyl (C=O) groups excluding carboxylic acids is 1. The van der Waals surface area contributed by atoms with Crippen LogP contribution in [0.25, 0.3) is 5.69 Å². The molecule has 2 N–H and O–H groups in total. The number of carbonyl (C=O) groups is 1. The molecule has 124 valence electrons. The zero-order valence-corrected chi connectivity index (χ0v) is 14.4. The first-order valence-electron chi connectivity index (χ1n) is 7.61. The predicted octanol–water partition coefficient (Wildman–Crippen LogP) is 2.88. The molecule has 1 atom stereocenters. The van der Waals surface area contributed by atoms with Gasteiger partial charge in [0.2, 0.25) is 0 Å². The van der Waals surface area contributed by atoms with E-state index in [9.17, 15) is 9.90 Å². The van der Waals surface area contributed by atoms with Crippen LogP contribution >= 0.6 is 11.3 Å². The van der Waals surface area contributed by atoms with Crippen LogP contribution in [-0.4, -0.2) is 27.3 Å². The van der Waals surface area contributed by atoms with E-state index in [1.54, 1.807) is 17.8 Å². The van der Waals surface area contributed by atoms with Crippen molar-refractivity contribution < 1.29 is 9.90 Å². The lowest BCUT2D eigenvalue weighted by molar-refractivity contribution is 0.0530. The molecule has 0 bridgehead atoms. The molecule has 3 rings (SSSR count). The van der Waals surface area contributed by atoms with E-state index in [1.165, 1.54) is 17.5 Å². The molecular weight excluding hydrogens is 322 g/mol. The number of aryl methyl sites for hydroxylation is 1. The molecule has 3 aromatic rings. The van der Waals surface area contributed by atoms with E-state index < -0.39 is 5.60 Å². The summed E-state index contributed by atoms with van der Waals surface area (Å²) in [5.41, 5.74) is 2.17. The van der Waals surface area contributed by atoms with Gasteiger partial charge in [-0.1, -0.05) is 18.2 Å². The molecule has 6 heteroatoms. The van der Waals surface area contributed by atoms with Crippen LogP contribution in [0, 0.1) is 6.92 Å².